The van der Waals surface area contributed by atoms with Gasteiger partial charge in [-0.2, -0.15) is 0 Å². The summed E-state index contributed by atoms with van der Waals surface area (Å²) < 4.78 is 15.3. The molecule has 0 unspecified atom stereocenters. The lowest BCUT2D eigenvalue weighted by Gasteiger charge is -2.15. The summed E-state index contributed by atoms with van der Waals surface area (Å²) in [6.45, 7) is 1.86. The van der Waals surface area contributed by atoms with Crippen LogP contribution in [0.2, 0.25) is 0 Å². The van der Waals surface area contributed by atoms with E-state index in [0.29, 0.717) is 0 Å². The standard InChI is InChI=1S/C12H16O5/c1-7(15-2)8-5-9(16-3)11(12(13)14)10(6-8)17-4/h5-7H,1-4H3,(H,13,14)/t7-/m0/s1. The topological polar surface area (TPSA) is 65.0 Å². The van der Waals surface area contributed by atoms with E-state index < -0.39 is 5.97 Å². The molecule has 0 fully saturated rings. The summed E-state index contributed by atoms with van der Waals surface area (Å²) in [4.78, 5) is 11.1. The molecule has 1 rings (SSSR count). The number of carboxylic acid groups (broad SMARTS) is 1. The number of ether oxygens (including phenoxy) is 3. The van der Waals surface area contributed by atoms with Gasteiger partial charge < -0.3 is 19.3 Å². The van der Waals surface area contributed by atoms with Gasteiger partial charge in [0.1, 0.15) is 17.1 Å². The second kappa shape index (κ2) is 5.54. The molecule has 0 saturated carbocycles. The maximum atomic E-state index is 11.1. The summed E-state index contributed by atoms with van der Waals surface area (Å²) in [7, 11) is 4.42. The maximum Gasteiger partial charge on any atom is 0.343 e. The third-order valence-electron chi connectivity index (χ3n) is 2.56. The molecule has 0 aliphatic heterocycles. The third kappa shape index (κ3) is 2.68. The average molecular weight is 240 g/mol. The Morgan fingerprint density at radius 3 is 1.94 bits per heavy atom. The highest BCUT2D eigenvalue weighted by molar-refractivity contribution is 5.94. The average Bonchev–Trinajstić information content (AvgIpc) is 2.35. The van der Waals surface area contributed by atoms with Crippen LogP contribution in [0.3, 0.4) is 0 Å². The smallest absolute Gasteiger partial charge is 0.343 e. The van der Waals surface area contributed by atoms with E-state index in [9.17, 15) is 4.79 Å². The Morgan fingerprint density at radius 1 is 1.18 bits per heavy atom. The van der Waals surface area contributed by atoms with Gasteiger partial charge in [-0.1, -0.05) is 0 Å². The molecular formula is C12H16O5. The fourth-order valence-electron chi connectivity index (χ4n) is 1.51. The van der Waals surface area contributed by atoms with Gasteiger partial charge in [-0.25, -0.2) is 4.79 Å². The van der Waals surface area contributed by atoms with E-state index in [1.54, 1.807) is 19.2 Å². The minimum atomic E-state index is -1.09. The first-order valence-corrected chi connectivity index (χ1v) is 5.07. The summed E-state index contributed by atoms with van der Waals surface area (Å²) >= 11 is 0. The first-order chi connectivity index (χ1) is 8.04. The minimum absolute atomic E-state index is 0.0158. The molecule has 0 bridgehead atoms. The van der Waals surface area contributed by atoms with Crippen molar-refractivity contribution in [1.82, 2.24) is 0 Å². The summed E-state index contributed by atoms with van der Waals surface area (Å²) in [6.07, 6.45) is -0.166. The largest absolute Gasteiger partial charge is 0.496 e. The van der Waals surface area contributed by atoms with Gasteiger partial charge in [0.25, 0.3) is 0 Å². The number of aromatic carboxylic acids is 1. The van der Waals surface area contributed by atoms with Crippen molar-refractivity contribution in [2.75, 3.05) is 21.3 Å². The van der Waals surface area contributed by atoms with E-state index in [1.807, 2.05) is 6.92 Å². The second-order valence-electron chi connectivity index (χ2n) is 3.48. The van der Waals surface area contributed by atoms with E-state index >= 15 is 0 Å². The molecule has 1 aromatic carbocycles. The van der Waals surface area contributed by atoms with Gasteiger partial charge in [0, 0.05) is 7.11 Å². The van der Waals surface area contributed by atoms with Gasteiger partial charge in [-0.15, -0.1) is 0 Å². The highest BCUT2D eigenvalue weighted by Crippen LogP contribution is 2.33. The van der Waals surface area contributed by atoms with Gasteiger partial charge in [0.05, 0.1) is 20.3 Å². The Labute approximate surface area is 99.9 Å². The number of carbonyl (C=O) groups is 1. The van der Waals surface area contributed by atoms with Gasteiger partial charge in [-0.3, -0.25) is 0 Å². The molecule has 0 amide bonds. The summed E-state index contributed by atoms with van der Waals surface area (Å²) in [6, 6.07) is 3.28. The fourth-order valence-corrected chi connectivity index (χ4v) is 1.51. The van der Waals surface area contributed by atoms with Crippen molar-refractivity contribution in [3.05, 3.63) is 23.3 Å². The molecule has 5 heteroatoms. The molecule has 5 nitrogen and oxygen atoms in total. The van der Waals surface area contributed by atoms with Crippen molar-refractivity contribution in [2.45, 2.75) is 13.0 Å². The van der Waals surface area contributed by atoms with Crippen molar-refractivity contribution < 1.29 is 24.1 Å². The SMILES string of the molecule is COc1cc([C@H](C)OC)cc(OC)c1C(=O)O. The Kier molecular flexibility index (Phi) is 4.34. The number of hydrogen-bond acceptors (Lipinski definition) is 4. The Hall–Kier alpha value is -1.75. The summed E-state index contributed by atoms with van der Waals surface area (Å²) in [5, 5.41) is 9.10. The Balaban J connectivity index is 3.38. The lowest BCUT2D eigenvalue weighted by atomic mass is 10.1. The zero-order valence-electron chi connectivity index (χ0n) is 10.3. The van der Waals surface area contributed by atoms with Crippen LogP contribution in [0.25, 0.3) is 0 Å². The van der Waals surface area contributed by atoms with Crippen LogP contribution in [0.1, 0.15) is 28.9 Å². The van der Waals surface area contributed by atoms with Gasteiger partial charge in [0.2, 0.25) is 0 Å². The lowest BCUT2D eigenvalue weighted by Crippen LogP contribution is -2.06. The second-order valence-corrected chi connectivity index (χ2v) is 3.48. The zero-order valence-corrected chi connectivity index (χ0v) is 10.3. The van der Waals surface area contributed by atoms with Gasteiger partial charge in [-0.05, 0) is 24.6 Å². The van der Waals surface area contributed by atoms with E-state index in [-0.39, 0.29) is 23.2 Å². The number of benzene rings is 1. The Morgan fingerprint density at radius 2 is 1.65 bits per heavy atom. The van der Waals surface area contributed by atoms with Crippen LogP contribution in [0, 0.1) is 0 Å². The fraction of sp³-hybridized carbons (Fsp3) is 0.417. The predicted molar refractivity (Wildman–Crippen MR) is 61.9 cm³/mol. The molecule has 17 heavy (non-hydrogen) atoms. The van der Waals surface area contributed by atoms with E-state index in [2.05, 4.69) is 0 Å². The molecule has 0 heterocycles. The molecule has 0 aromatic heterocycles. The van der Waals surface area contributed by atoms with Gasteiger partial charge >= 0.3 is 5.97 Å². The Bertz CT molecular complexity index is 388. The molecular weight excluding hydrogens is 224 g/mol. The van der Waals surface area contributed by atoms with E-state index in [0.717, 1.165) is 5.56 Å². The molecule has 0 aliphatic carbocycles. The molecule has 1 N–H and O–H groups in total. The van der Waals surface area contributed by atoms with E-state index in [1.165, 1.54) is 14.2 Å². The molecule has 1 atom stereocenters. The summed E-state index contributed by atoms with van der Waals surface area (Å²) in [5.74, 6) is -0.568. The molecule has 1 aromatic rings. The molecule has 0 aliphatic rings. The van der Waals surface area contributed by atoms with Crippen LogP contribution in [-0.2, 0) is 4.74 Å². The first kappa shape index (κ1) is 13.3. The number of methoxy groups -OCH3 is 3. The van der Waals surface area contributed by atoms with Crippen LogP contribution in [0.4, 0.5) is 0 Å². The molecule has 0 saturated heterocycles. The van der Waals surface area contributed by atoms with Crippen LogP contribution in [-0.4, -0.2) is 32.4 Å². The monoisotopic (exact) mass is 240 g/mol. The third-order valence-corrected chi connectivity index (χ3v) is 2.56. The highest BCUT2D eigenvalue weighted by Gasteiger charge is 2.20. The highest BCUT2D eigenvalue weighted by atomic mass is 16.5. The maximum absolute atomic E-state index is 11.1. The van der Waals surface area contributed by atoms with Crippen molar-refractivity contribution >= 4 is 5.97 Å². The predicted octanol–water partition coefficient (Wildman–Crippen LogP) is 2.11. The number of hydrogen-bond donors (Lipinski definition) is 1. The lowest BCUT2D eigenvalue weighted by molar-refractivity contribution is 0.0689. The van der Waals surface area contributed by atoms with Gasteiger partial charge in [0.15, 0.2) is 0 Å². The van der Waals surface area contributed by atoms with Crippen LogP contribution in [0.5, 0.6) is 11.5 Å². The van der Waals surface area contributed by atoms with Crippen molar-refractivity contribution in [2.24, 2.45) is 0 Å². The number of rotatable bonds is 5. The minimum Gasteiger partial charge on any atom is -0.496 e. The van der Waals surface area contributed by atoms with E-state index in [4.69, 9.17) is 19.3 Å². The van der Waals surface area contributed by atoms with Crippen molar-refractivity contribution in [3.8, 4) is 11.5 Å². The van der Waals surface area contributed by atoms with Crippen LogP contribution in [0.15, 0.2) is 12.1 Å². The number of carboxylic acids is 1. The molecule has 0 spiro atoms. The van der Waals surface area contributed by atoms with Crippen molar-refractivity contribution in [1.29, 1.82) is 0 Å². The summed E-state index contributed by atoms with van der Waals surface area (Å²) in [5.41, 5.74) is 0.813. The van der Waals surface area contributed by atoms with Crippen LogP contribution >= 0.6 is 0 Å². The van der Waals surface area contributed by atoms with Crippen molar-refractivity contribution in [3.63, 3.8) is 0 Å². The molecule has 94 valence electrons. The zero-order chi connectivity index (χ0) is 13.0. The van der Waals surface area contributed by atoms with Crippen LogP contribution < -0.4 is 9.47 Å². The first-order valence-electron chi connectivity index (χ1n) is 5.07. The normalized spacial score (nSPS) is 12.0. The molecule has 0 radical (unpaired) electrons. The quantitative estimate of drug-likeness (QED) is 0.853.